The van der Waals surface area contributed by atoms with Gasteiger partial charge in [0.15, 0.2) is 0 Å². The minimum absolute atomic E-state index is 0.114. The van der Waals surface area contributed by atoms with E-state index in [2.05, 4.69) is 17.2 Å². The minimum atomic E-state index is -0.550. The van der Waals surface area contributed by atoms with Crippen LogP contribution >= 0.6 is 23.2 Å². The number of ether oxygens (including phenoxy) is 1. The van der Waals surface area contributed by atoms with Crippen LogP contribution in [0.2, 0.25) is 10.0 Å². The third-order valence-electron chi connectivity index (χ3n) is 3.92. The number of carbonyl (C=O) groups is 2. The van der Waals surface area contributed by atoms with E-state index in [1.54, 1.807) is 23.1 Å². The van der Waals surface area contributed by atoms with E-state index in [-0.39, 0.29) is 24.0 Å². The first-order valence-corrected chi connectivity index (χ1v) is 9.55. The van der Waals surface area contributed by atoms with Crippen molar-refractivity contribution in [1.29, 1.82) is 0 Å². The quantitative estimate of drug-likeness (QED) is 0.746. The molecule has 7 heteroatoms. The lowest BCUT2D eigenvalue weighted by atomic mass is 10.1. The molecule has 0 radical (unpaired) electrons. The second kappa shape index (κ2) is 8.86. The first kappa shape index (κ1) is 21.4. The van der Waals surface area contributed by atoms with E-state index in [1.165, 1.54) is 0 Å². The van der Waals surface area contributed by atoms with E-state index in [0.717, 1.165) is 5.56 Å². The number of nitrogens with one attached hydrogen (secondary N) is 1. The second-order valence-corrected chi connectivity index (χ2v) is 8.35. The zero-order chi connectivity index (χ0) is 20.2. The maximum Gasteiger partial charge on any atom is 0.410 e. The van der Waals surface area contributed by atoms with E-state index in [1.807, 2.05) is 27.7 Å². The fourth-order valence-corrected chi connectivity index (χ4v) is 2.90. The average molecular weight is 411 g/mol. The highest BCUT2D eigenvalue weighted by atomic mass is 35.5. The molecule has 146 valence electrons. The smallest absolute Gasteiger partial charge is 0.410 e. The molecule has 1 aromatic rings. The summed E-state index contributed by atoms with van der Waals surface area (Å²) < 4.78 is 5.35. The Morgan fingerprint density at radius 2 is 2.00 bits per heavy atom. The number of hydrogen-bond donors (Lipinski definition) is 1. The van der Waals surface area contributed by atoms with Crippen LogP contribution in [0.4, 0.5) is 4.79 Å². The summed E-state index contributed by atoms with van der Waals surface area (Å²) in [6.07, 6.45) is 0.225. The molecule has 1 N–H and O–H groups in total. The number of halogens is 2. The molecule has 1 saturated heterocycles. The van der Waals surface area contributed by atoms with Gasteiger partial charge in [0.25, 0.3) is 0 Å². The molecule has 1 heterocycles. The number of carbonyl (C=O) groups excluding carboxylic acids is 2. The molecule has 2 amide bonds. The first-order chi connectivity index (χ1) is 12.5. The predicted molar refractivity (Wildman–Crippen MR) is 107 cm³/mol. The third-order valence-corrected chi connectivity index (χ3v) is 4.66. The average Bonchev–Trinajstić information content (AvgIpc) is 3.05. The van der Waals surface area contributed by atoms with Gasteiger partial charge in [0.05, 0.1) is 22.0 Å². The summed E-state index contributed by atoms with van der Waals surface area (Å²) >= 11 is 11.8. The summed E-state index contributed by atoms with van der Waals surface area (Å²) in [6.45, 7) is 8.13. The van der Waals surface area contributed by atoms with E-state index in [4.69, 9.17) is 27.9 Å². The number of nitrogens with zero attached hydrogens (tertiary/aromatic N) is 1. The molecule has 1 aliphatic heterocycles. The molecule has 0 aliphatic carbocycles. The first-order valence-electron chi connectivity index (χ1n) is 8.80. The molecule has 0 aromatic heterocycles. The predicted octanol–water partition coefficient (Wildman–Crippen LogP) is 4.11. The van der Waals surface area contributed by atoms with Gasteiger partial charge in [-0.15, -0.1) is 0 Å². The van der Waals surface area contributed by atoms with Gasteiger partial charge in [0, 0.05) is 18.7 Å². The zero-order valence-electron chi connectivity index (χ0n) is 15.9. The van der Waals surface area contributed by atoms with Gasteiger partial charge in [-0.25, -0.2) is 4.79 Å². The van der Waals surface area contributed by atoms with Crippen molar-refractivity contribution in [2.75, 3.05) is 13.1 Å². The van der Waals surface area contributed by atoms with Gasteiger partial charge >= 0.3 is 6.09 Å². The summed E-state index contributed by atoms with van der Waals surface area (Å²) in [7, 11) is 0. The minimum Gasteiger partial charge on any atom is -0.444 e. The molecule has 2 rings (SSSR count). The summed E-state index contributed by atoms with van der Waals surface area (Å²) in [4.78, 5) is 26.1. The highest BCUT2D eigenvalue weighted by molar-refractivity contribution is 6.42. The van der Waals surface area contributed by atoms with Crippen molar-refractivity contribution < 1.29 is 14.3 Å². The van der Waals surface area contributed by atoms with Crippen LogP contribution in [0.15, 0.2) is 18.2 Å². The van der Waals surface area contributed by atoms with Gasteiger partial charge in [0.1, 0.15) is 5.60 Å². The molecule has 0 saturated carbocycles. The summed E-state index contributed by atoms with van der Waals surface area (Å²) in [5.41, 5.74) is 0.175. The molecule has 1 fully saturated rings. The molecule has 0 bridgehead atoms. The molecular weight excluding hydrogens is 387 g/mol. The maximum absolute atomic E-state index is 12.4. The number of likely N-dealkylation sites (tertiary alicyclic amines) is 1. The molecule has 2 unspecified atom stereocenters. The van der Waals surface area contributed by atoms with Crippen molar-refractivity contribution in [3.63, 3.8) is 0 Å². The van der Waals surface area contributed by atoms with Crippen LogP contribution in [0, 0.1) is 17.8 Å². The summed E-state index contributed by atoms with van der Waals surface area (Å²) in [5.74, 6) is 5.57. The number of hydrogen-bond acceptors (Lipinski definition) is 3. The Morgan fingerprint density at radius 3 is 2.63 bits per heavy atom. The van der Waals surface area contributed by atoms with Gasteiger partial charge < -0.3 is 15.0 Å². The van der Waals surface area contributed by atoms with E-state index in [0.29, 0.717) is 29.6 Å². The standard InChI is InChI=1S/C20H24Cl2N2O3/c1-13(5-6-14-7-8-16(21)17(22)11-14)23-18(25)15-9-10-24(12-15)19(26)27-20(2,3)4/h7-8,11,13,15H,9-10,12H2,1-4H3,(H,23,25). The molecule has 1 aromatic carbocycles. The summed E-state index contributed by atoms with van der Waals surface area (Å²) in [5, 5.41) is 3.79. The largest absolute Gasteiger partial charge is 0.444 e. The SMILES string of the molecule is CC(C#Cc1ccc(Cl)c(Cl)c1)NC(=O)C1CCN(C(=O)OC(C)(C)C)C1. The van der Waals surface area contributed by atoms with Crippen molar-refractivity contribution in [2.24, 2.45) is 5.92 Å². The Labute approximate surface area is 170 Å². The van der Waals surface area contributed by atoms with Crippen LogP contribution in [0.3, 0.4) is 0 Å². The fourth-order valence-electron chi connectivity index (χ4n) is 2.60. The van der Waals surface area contributed by atoms with Crippen molar-refractivity contribution in [3.8, 4) is 11.8 Å². The number of benzene rings is 1. The highest BCUT2D eigenvalue weighted by Gasteiger charge is 2.33. The van der Waals surface area contributed by atoms with E-state index >= 15 is 0 Å². The van der Waals surface area contributed by atoms with Crippen LogP contribution in [-0.4, -0.2) is 41.6 Å². The molecule has 27 heavy (non-hydrogen) atoms. The zero-order valence-corrected chi connectivity index (χ0v) is 17.4. The Kier molecular flexibility index (Phi) is 7.02. The number of rotatable bonds is 2. The Balaban J connectivity index is 1.87. The molecule has 5 nitrogen and oxygen atoms in total. The van der Waals surface area contributed by atoms with Crippen molar-refractivity contribution >= 4 is 35.2 Å². The lowest BCUT2D eigenvalue weighted by molar-refractivity contribution is -0.124. The van der Waals surface area contributed by atoms with Crippen LogP contribution in [0.1, 0.15) is 39.7 Å². The molecule has 2 atom stereocenters. The van der Waals surface area contributed by atoms with Crippen LogP contribution in [0.5, 0.6) is 0 Å². The molecular formula is C20H24Cl2N2O3. The van der Waals surface area contributed by atoms with Crippen molar-refractivity contribution in [1.82, 2.24) is 10.2 Å². The molecule has 0 spiro atoms. The lowest BCUT2D eigenvalue weighted by Gasteiger charge is -2.24. The van der Waals surface area contributed by atoms with Crippen LogP contribution in [-0.2, 0) is 9.53 Å². The Hall–Kier alpha value is -1.90. The Bertz CT molecular complexity index is 778. The monoisotopic (exact) mass is 410 g/mol. The van der Waals surface area contributed by atoms with Gasteiger partial charge in [-0.05, 0) is 52.3 Å². The highest BCUT2D eigenvalue weighted by Crippen LogP contribution is 2.22. The topological polar surface area (TPSA) is 58.6 Å². The van der Waals surface area contributed by atoms with Gasteiger partial charge in [-0.1, -0.05) is 35.0 Å². The Morgan fingerprint density at radius 1 is 1.30 bits per heavy atom. The summed E-state index contributed by atoms with van der Waals surface area (Å²) in [6, 6.07) is 4.80. The van der Waals surface area contributed by atoms with E-state index in [9.17, 15) is 9.59 Å². The van der Waals surface area contributed by atoms with Crippen molar-refractivity contribution in [3.05, 3.63) is 33.8 Å². The van der Waals surface area contributed by atoms with Crippen LogP contribution < -0.4 is 5.32 Å². The normalized spacial score (nSPS) is 17.7. The van der Waals surface area contributed by atoms with Crippen molar-refractivity contribution in [2.45, 2.75) is 45.8 Å². The number of amides is 2. The van der Waals surface area contributed by atoms with Gasteiger partial charge in [-0.2, -0.15) is 0 Å². The molecule has 1 aliphatic rings. The maximum atomic E-state index is 12.4. The van der Waals surface area contributed by atoms with Gasteiger partial charge in [0.2, 0.25) is 5.91 Å². The fraction of sp³-hybridized carbons (Fsp3) is 0.500. The van der Waals surface area contributed by atoms with E-state index < -0.39 is 5.60 Å². The lowest BCUT2D eigenvalue weighted by Crippen LogP contribution is -2.39. The second-order valence-electron chi connectivity index (χ2n) is 7.54. The third kappa shape index (κ3) is 6.64. The van der Waals surface area contributed by atoms with Gasteiger partial charge in [-0.3, -0.25) is 4.79 Å². The van der Waals surface area contributed by atoms with Crippen LogP contribution in [0.25, 0.3) is 0 Å².